The molecular formula is C12H17FN2. The highest BCUT2D eigenvalue weighted by Gasteiger charge is 2.12. The second-order valence-corrected chi connectivity index (χ2v) is 4.24. The van der Waals surface area contributed by atoms with Gasteiger partial charge in [0.1, 0.15) is 5.82 Å². The number of hydrogen-bond acceptors (Lipinski definition) is 2. The summed E-state index contributed by atoms with van der Waals surface area (Å²) in [6.45, 7) is 2.26. The lowest BCUT2D eigenvalue weighted by Crippen LogP contribution is -2.27. The molecule has 1 saturated heterocycles. The molecule has 0 radical (unpaired) electrons. The van der Waals surface area contributed by atoms with Gasteiger partial charge in [-0.1, -0.05) is 0 Å². The first-order valence-electron chi connectivity index (χ1n) is 5.65. The van der Waals surface area contributed by atoms with Crippen molar-refractivity contribution in [2.45, 2.75) is 25.7 Å². The van der Waals surface area contributed by atoms with Crippen molar-refractivity contribution in [2.75, 3.05) is 13.1 Å². The van der Waals surface area contributed by atoms with Crippen molar-refractivity contribution in [3.8, 4) is 0 Å². The highest BCUT2D eigenvalue weighted by atomic mass is 19.1. The second kappa shape index (κ2) is 5.21. The fraction of sp³-hybridized carbons (Fsp3) is 0.583. The number of piperidine rings is 1. The molecule has 1 fully saturated rings. The number of aryl methyl sites for hydroxylation is 1. The van der Waals surface area contributed by atoms with Gasteiger partial charge in [-0.25, -0.2) is 4.39 Å². The maximum Gasteiger partial charge on any atom is 0.141 e. The molecule has 1 aliphatic heterocycles. The number of hydrogen-bond donors (Lipinski definition) is 1. The van der Waals surface area contributed by atoms with Crippen LogP contribution < -0.4 is 5.32 Å². The average molecular weight is 208 g/mol. The summed E-state index contributed by atoms with van der Waals surface area (Å²) in [4.78, 5) is 3.86. The van der Waals surface area contributed by atoms with E-state index >= 15 is 0 Å². The molecule has 15 heavy (non-hydrogen) atoms. The lowest BCUT2D eigenvalue weighted by molar-refractivity contribution is 0.354. The van der Waals surface area contributed by atoms with Gasteiger partial charge in [0.25, 0.3) is 0 Å². The van der Waals surface area contributed by atoms with Crippen molar-refractivity contribution < 1.29 is 4.39 Å². The van der Waals surface area contributed by atoms with Gasteiger partial charge in [0.05, 0.1) is 6.20 Å². The van der Waals surface area contributed by atoms with Crippen LogP contribution in [0.15, 0.2) is 18.5 Å². The van der Waals surface area contributed by atoms with Crippen LogP contribution in [-0.2, 0) is 6.42 Å². The zero-order valence-corrected chi connectivity index (χ0v) is 8.88. The van der Waals surface area contributed by atoms with Crippen LogP contribution in [0.2, 0.25) is 0 Å². The Morgan fingerprint density at radius 3 is 2.87 bits per heavy atom. The van der Waals surface area contributed by atoms with E-state index in [0.717, 1.165) is 37.4 Å². The number of nitrogens with zero attached hydrogens (tertiary/aromatic N) is 1. The molecule has 0 atom stereocenters. The van der Waals surface area contributed by atoms with E-state index in [9.17, 15) is 4.39 Å². The van der Waals surface area contributed by atoms with Crippen molar-refractivity contribution >= 4 is 0 Å². The number of rotatable bonds is 3. The minimum atomic E-state index is -0.224. The molecule has 1 N–H and O–H groups in total. The van der Waals surface area contributed by atoms with E-state index in [-0.39, 0.29) is 5.82 Å². The summed E-state index contributed by atoms with van der Waals surface area (Å²) in [6, 6.07) is 1.59. The van der Waals surface area contributed by atoms with Gasteiger partial charge in [-0.3, -0.25) is 4.98 Å². The van der Waals surface area contributed by atoms with Gasteiger partial charge in [0, 0.05) is 6.20 Å². The van der Waals surface area contributed by atoms with E-state index in [1.54, 1.807) is 12.3 Å². The zero-order valence-electron chi connectivity index (χ0n) is 8.88. The van der Waals surface area contributed by atoms with Gasteiger partial charge in [-0.05, 0) is 56.3 Å². The fourth-order valence-corrected chi connectivity index (χ4v) is 2.13. The molecule has 0 saturated carbocycles. The maximum absolute atomic E-state index is 12.9. The van der Waals surface area contributed by atoms with Crippen LogP contribution >= 0.6 is 0 Å². The standard InChI is InChI=1S/C12H17FN2/c13-12-7-11(8-15-9-12)2-1-10-3-5-14-6-4-10/h7-10,14H,1-6H2. The number of pyridine rings is 1. The molecule has 2 heterocycles. The maximum atomic E-state index is 12.9. The van der Waals surface area contributed by atoms with Crippen LogP contribution in [0.25, 0.3) is 0 Å². The monoisotopic (exact) mass is 208 g/mol. The quantitative estimate of drug-likeness (QED) is 0.823. The smallest absolute Gasteiger partial charge is 0.141 e. The average Bonchev–Trinajstić information content (AvgIpc) is 2.28. The van der Waals surface area contributed by atoms with Crippen molar-refractivity contribution in [1.82, 2.24) is 10.3 Å². The van der Waals surface area contributed by atoms with Crippen LogP contribution in [0.3, 0.4) is 0 Å². The first kappa shape index (κ1) is 10.6. The molecule has 2 rings (SSSR count). The van der Waals surface area contributed by atoms with E-state index in [4.69, 9.17) is 0 Å². The Morgan fingerprint density at radius 2 is 2.13 bits per heavy atom. The Labute approximate surface area is 89.9 Å². The van der Waals surface area contributed by atoms with Crippen molar-refractivity contribution in [2.24, 2.45) is 5.92 Å². The van der Waals surface area contributed by atoms with Crippen molar-refractivity contribution in [3.63, 3.8) is 0 Å². The predicted molar refractivity (Wildman–Crippen MR) is 58.1 cm³/mol. The Morgan fingerprint density at radius 1 is 1.33 bits per heavy atom. The highest BCUT2D eigenvalue weighted by molar-refractivity contribution is 5.10. The predicted octanol–water partition coefficient (Wildman–Crippen LogP) is 2.15. The SMILES string of the molecule is Fc1cncc(CCC2CCNCC2)c1. The van der Waals surface area contributed by atoms with E-state index in [2.05, 4.69) is 10.3 Å². The molecule has 3 heteroatoms. The molecule has 0 aliphatic carbocycles. The number of aromatic nitrogens is 1. The third kappa shape index (κ3) is 3.27. The second-order valence-electron chi connectivity index (χ2n) is 4.24. The minimum Gasteiger partial charge on any atom is -0.317 e. The topological polar surface area (TPSA) is 24.9 Å². The molecule has 0 spiro atoms. The van der Waals surface area contributed by atoms with E-state index < -0.39 is 0 Å². The first-order chi connectivity index (χ1) is 7.34. The van der Waals surface area contributed by atoms with Crippen molar-refractivity contribution in [3.05, 3.63) is 29.8 Å². The van der Waals surface area contributed by atoms with Crippen LogP contribution in [-0.4, -0.2) is 18.1 Å². The van der Waals surface area contributed by atoms with Gasteiger partial charge in [0.15, 0.2) is 0 Å². The van der Waals surface area contributed by atoms with E-state index in [0.29, 0.717) is 0 Å². The van der Waals surface area contributed by atoms with Gasteiger partial charge in [-0.2, -0.15) is 0 Å². The fourth-order valence-electron chi connectivity index (χ4n) is 2.13. The number of halogens is 1. The third-order valence-electron chi connectivity index (χ3n) is 3.06. The Kier molecular flexibility index (Phi) is 3.67. The number of nitrogens with one attached hydrogen (secondary N) is 1. The van der Waals surface area contributed by atoms with E-state index in [1.807, 2.05) is 0 Å². The van der Waals surface area contributed by atoms with Gasteiger partial charge < -0.3 is 5.32 Å². The minimum absolute atomic E-state index is 0.224. The lowest BCUT2D eigenvalue weighted by Gasteiger charge is -2.22. The van der Waals surface area contributed by atoms with Crippen LogP contribution in [0.4, 0.5) is 4.39 Å². The normalized spacial score (nSPS) is 17.9. The van der Waals surface area contributed by atoms with Gasteiger partial charge in [0.2, 0.25) is 0 Å². The van der Waals surface area contributed by atoms with Gasteiger partial charge >= 0.3 is 0 Å². The lowest BCUT2D eigenvalue weighted by atomic mass is 9.92. The molecule has 1 aromatic rings. The molecular weight excluding hydrogens is 191 g/mol. The summed E-state index contributed by atoms with van der Waals surface area (Å²) in [7, 11) is 0. The summed E-state index contributed by atoms with van der Waals surface area (Å²) in [5.74, 6) is 0.576. The summed E-state index contributed by atoms with van der Waals surface area (Å²) in [6.07, 6.45) is 7.64. The van der Waals surface area contributed by atoms with Crippen LogP contribution in [0.5, 0.6) is 0 Å². The molecule has 0 amide bonds. The zero-order chi connectivity index (χ0) is 10.5. The Hall–Kier alpha value is -0.960. The van der Waals surface area contributed by atoms with Gasteiger partial charge in [-0.15, -0.1) is 0 Å². The molecule has 82 valence electrons. The molecule has 2 nitrogen and oxygen atoms in total. The summed E-state index contributed by atoms with van der Waals surface area (Å²) >= 11 is 0. The highest BCUT2D eigenvalue weighted by Crippen LogP contribution is 2.18. The molecule has 0 bridgehead atoms. The molecule has 1 aliphatic rings. The summed E-state index contributed by atoms with van der Waals surface area (Å²) < 4.78 is 12.9. The molecule has 1 aromatic heterocycles. The molecule has 0 unspecified atom stereocenters. The van der Waals surface area contributed by atoms with Crippen LogP contribution in [0, 0.1) is 11.7 Å². The summed E-state index contributed by atoms with van der Waals surface area (Å²) in [5.41, 5.74) is 1.02. The molecule has 0 aromatic carbocycles. The Balaban J connectivity index is 1.81. The van der Waals surface area contributed by atoms with Crippen molar-refractivity contribution in [1.29, 1.82) is 0 Å². The van der Waals surface area contributed by atoms with E-state index in [1.165, 1.54) is 19.0 Å². The Bertz CT molecular complexity index is 308. The van der Waals surface area contributed by atoms with Crippen LogP contribution in [0.1, 0.15) is 24.8 Å². The first-order valence-corrected chi connectivity index (χ1v) is 5.65. The largest absolute Gasteiger partial charge is 0.317 e. The summed E-state index contributed by atoms with van der Waals surface area (Å²) in [5, 5.41) is 3.35. The third-order valence-corrected chi connectivity index (χ3v) is 3.06.